The van der Waals surface area contributed by atoms with Gasteiger partial charge in [0.1, 0.15) is 11.9 Å². The summed E-state index contributed by atoms with van der Waals surface area (Å²) in [6.45, 7) is 0. The Hall–Kier alpha value is -0.830. The highest BCUT2D eigenvalue weighted by atomic mass is 35.5. The number of carbonyl (C=O) groups is 1. The summed E-state index contributed by atoms with van der Waals surface area (Å²) in [6.07, 6.45) is 1.93. The number of aliphatic carboxylic acids is 1. The van der Waals surface area contributed by atoms with E-state index in [2.05, 4.69) is 4.72 Å². The lowest BCUT2D eigenvalue weighted by molar-refractivity contribution is -0.139. The van der Waals surface area contributed by atoms with Gasteiger partial charge < -0.3 is 5.11 Å². The van der Waals surface area contributed by atoms with Crippen LogP contribution in [0.1, 0.15) is 6.42 Å². The van der Waals surface area contributed by atoms with Crippen molar-refractivity contribution < 1.29 is 22.7 Å². The van der Waals surface area contributed by atoms with Crippen LogP contribution in [0, 0.1) is 5.82 Å². The molecule has 0 unspecified atom stereocenters. The smallest absolute Gasteiger partial charge is 0.321 e. The molecule has 0 saturated carbocycles. The Labute approximate surface area is 125 Å². The van der Waals surface area contributed by atoms with E-state index in [0.29, 0.717) is 5.75 Å². The third-order valence-corrected chi connectivity index (χ3v) is 4.81. The molecule has 1 atom stereocenters. The number of thioether (sulfide) groups is 1. The van der Waals surface area contributed by atoms with Crippen LogP contribution in [0.3, 0.4) is 0 Å². The lowest BCUT2D eigenvalue weighted by Crippen LogP contribution is -2.41. The minimum Gasteiger partial charge on any atom is -0.480 e. The van der Waals surface area contributed by atoms with Crippen LogP contribution in [0.15, 0.2) is 23.1 Å². The molecule has 0 spiro atoms. The monoisotopic (exact) mass is 341 g/mol. The van der Waals surface area contributed by atoms with E-state index in [9.17, 15) is 17.6 Å². The fourth-order valence-electron chi connectivity index (χ4n) is 1.37. The summed E-state index contributed by atoms with van der Waals surface area (Å²) in [5, 5.41) is 8.64. The Balaban J connectivity index is 2.97. The minimum absolute atomic E-state index is 0.144. The molecule has 0 bridgehead atoms. The highest BCUT2D eigenvalue weighted by molar-refractivity contribution is 7.98. The van der Waals surface area contributed by atoms with Gasteiger partial charge in [0.15, 0.2) is 0 Å². The van der Waals surface area contributed by atoms with Crippen LogP contribution in [-0.2, 0) is 14.8 Å². The molecular formula is C11H13ClFNO4S2. The standard InChI is InChI=1S/C11H13ClFNO4S2/c1-19-5-4-10(11(15)16)14-20(17,18)7-2-3-9(13)8(12)6-7/h2-3,6,10,14H,4-5H2,1H3,(H,15,16)/t10-/m0/s1. The predicted molar refractivity (Wildman–Crippen MR) is 76.2 cm³/mol. The summed E-state index contributed by atoms with van der Waals surface area (Å²) in [5.41, 5.74) is 0. The van der Waals surface area contributed by atoms with Gasteiger partial charge in [0.05, 0.1) is 9.92 Å². The second-order valence-electron chi connectivity index (χ2n) is 3.87. The molecule has 5 nitrogen and oxygen atoms in total. The van der Waals surface area contributed by atoms with Gasteiger partial charge in [-0.3, -0.25) is 4.79 Å². The lowest BCUT2D eigenvalue weighted by Gasteiger charge is -2.14. The summed E-state index contributed by atoms with van der Waals surface area (Å²) >= 11 is 6.92. The maximum Gasteiger partial charge on any atom is 0.321 e. The Morgan fingerprint density at radius 2 is 2.20 bits per heavy atom. The number of carboxylic acids is 1. The maximum absolute atomic E-state index is 13.0. The van der Waals surface area contributed by atoms with Crippen molar-refractivity contribution in [2.24, 2.45) is 0 Å². The zero-order chi connectivity index (χ0) is 15.3. The molecule has 1 aromatic carbocycles. The molecule has 0 radical (unpaired) electrons. The van der Waals surface area contributed by atoms with Crippen molar-refractivity contribution in [3.8, 4) is 0 Å². The average Bonchev–Trinajstić information content (AvgIpc) is 2.37. The summed E-state index contributed by atoms with van der Waals surface area (Å²) in [4.78, 5) is 10.7. The third kappa shape index (κ3) is 4.62. The minimum atomic E-state index is -4.07. The molecule has 1 rings (SSSR count). The molecule has 2 N–H and O–H groups in total. The number of halogens is 2. The van der Waals surface area contributed by atoms with Gasteiger partial charge in [-0.1, -0.05) is 11.6 Å². The van der Waals surface area contributed by atoms with Crippen molar-refractivity contribution >= 4 is 39.4 Å². The topological polar surface area (TPSA) is 83.5 Å². The summed E-state index contributed by atoms with van der Waals surface area (Å²) in [5.74, 6) is -1.53. The Morgan fingerprint density at radius 1 is 1.55 bits per heavy atom. The number of hydrogen-bond acceptors (Lipinski definition) is 4. The molecule has 0 aliphatic heterocycles. The van der Waals surface area contributed by atoms with E-state index in [1.54, 1.807) is 6.26 Å². The summed E-state index contributed by atoms with van der Waals surface area (Å²) in [7, 11) is -4.07. The van der Waals surface area contributed by atoms with Crippen LogP contribution in [0.25, 0.3) is 0 Å². The van der Waals surface area contributed by atoms with Crippen LogP contribution in [0.2, 0.25) is 5.02 Å². The molecule has 0 aliphatic carbocycles. The Bertz CT molecular complexity index is 594. The fourth-order valence-corrected chi connectivity index (χ4v) is 3.33. The van der Waals surface area contributed by atoms with Crippen molar-refractivity contribution in [3.63, 3.8) is 0 Å². The van der Waals surface area contributed by atoms with E-state index in [-0.39, 0.29) is 16.3 Å². The third-order valence-electron chi connectivity index (χ3n) is 2.41. The predicted octanol–water partition coefficient (Wildman–Crippen LogP) is 1.96. The van der Waals surface area contributed by atoms with Crippen LogP contribution in [0.5, 0.6) is 0 Å². The summed E-state index contributed by atoms with van der Waals surface area (Å²) in [6, 6.07) is 1.63. The molecule has 112 valence electrons. The number of carboxylic acid groups (broad SMARTS) is 1. The van der Waals surface area contributed by atoms with Gasteiger partial charge in [0.2, 0.25) is 10.0 Å². The van der Waals surface area contributed by atoms with Gasteiger partial charge in [0, 0.05) is 0 Å². The molecule has 0 aromatic heterocycles. The molecule has 0 heterocycles. The van der Waals surface area contributed by atoms with E-state index in [0.717, 1.165) is 18.2 Å². The van der Waals surface area contributed by atoms with Crippen LogP contribution >= 0.6 is 23.4 Å². The van der Waals surface area contributed by atoms with E-state index in [1.807, 2.05) is 0 Å². The Morgan fingerprint density at radius 3 is 2.70 bits per heavy atom. The van der Waals surface area contributed by atoms with Gasteiger partial charge in [-0.25, -0.2) is 12.8 Å². The van der Waals surface area contributed by atoms with Gasteiger partial charge >= 0.3 is 5.97 Å². The number of rotatable bonds is 7. The fraction of sp³-hybridized carbons (Fsp3) is 0.364. The molecule has 0 aliphatic rings. The van der Waals surface area contributed by atoms with E-state index in [4.69, 9.17) is 16.7 Å². The highest BCUT2D eigenvalue weighted by Crippen LogP contribution is 2.19. The first-order valence-electron chi connectivity index (χ1n) is 5.47. The van der Waals surface area contributed by atoms with Crippen LogP contribution in [0.4, 0.5) is 4.39 Å². The highest BCUT2D eigenvalue weighted by Gasteiger charge is 2.25. The van der Waals surface area contributed by atoms with E-state index in [1.165, 1.54) is 11.8 Å². The van der Waals surface area contributed by atoms with Gasteiger partial charge in [-0.2, -0.15) is 16.5 Å². The van der Waals surface area contributed by atoms with E-state index < -0.39 is 27.9 Å². The molecule has 20 heavy (non-hydrogen) atoms. The van der Waals surface area contributed by atoms with Crippen molar-refractivity contribution in [2.45, 2.75) is 17.4 Å². The molecule has 0 saturated heterocycles. The Kier molecular flexibility index (Phi) is 6.25. The number of sulfonamides is 1. The number of hydrogen-bond donors (Lipinski definition) is 2. The molecular weight excluding hydrogens is 329 g/mol. The van der Waals surface area contributed by atoms with E-state index >= 15 is 0 Å². The zero-order valence-electron chi connectivity index (χ0n) is 10.5. The quantitative estimate of drug-likeness (QED) is 0.792. The van der Waals surface area contributed by atoms with Gasteiger partial charge in [-0.15, -0.1) is 0 Å². The average molecular weight is 342 g/mol. The normalized spacial score (nSPS) is 13.2. The first-order chi connectivity index (χ1) is 9.27. The number of benzene rings is 1. The van der Waals surface area contributed by atoms with Crippen LogP contribution < -0.4 is 4.72 Å². The lowest BCUT2D eigenvalue weighted by atomic mass is 10.2. The van der Waals surface area contributed by atoms with Crippen molar-refractivity contribution in [1.82, 2.24) is 4.72 Å². The molecule has 0 fully saturated rings. The second kappa shape index (κ2) is 7.26. The number of nitrogens with one attached hydrogen (secondary N) is 1. The largest absolute Gasteiger partial charge is 0.480 e. The maximum atomic E-state index is 13.0. The molecule has 9 heteroatoms. The molecule has 0 amide bonds. The van der Waals surface area contributed by atoms with Gasteiger partial charge in [-0.05, 0) is 36.6 Å². The molecule has 1 aromatic rings. The summed E-state index contributed by atoms with van der Waals surface area (Å²) < 4.78 is 39.1. The zero-order valence-corrected chi connectivity index (χ0v) is 12.9. The van der Waals surface area contributed by atoms with Crippen molar-refractivity contribution in [2.75, 3.05) is 12.0 Å². The van der Waals surface area contributed by atoms with Gasteiger partial charge in [0.25, 0.3) is 0 Å². The second-order valence-corrected chi connectivity index (χ2v) is 6.98. The van der Waals surface area contributed by atoms with Crippen molar-refractivity contribution in [1.29, 1.82) is 0 Å². The van der Waals surface area contributed by atoms with Crippen LogP contribution in [-0.4, -0.2) is 37.5 Å². The van der Waals surface area contributed by atoms with Crippen molar-refractivity contribution in [3.05, 3.63) is 29.0 Å². The first kappa shape index (κ1) is 17.2. The SMILES string of the molecule is CSCC[C@H](NS(=O)(=O)c1ccc(F)c(Cl)c1)C(=O)O. The first-order valence-corrected chi connectivity index (χ1v) is 8.72.